The minimum absolute atomic E-state index is 0.166. The second kappa shape index (κ2) is 7.21. The van der Waals surface area contributed by atoms with Gasteiger partial charge in [0.25, 0.3) is 5.91 Å². The molecule has 0 saturated heterocycles. The van der Waals surface area contributed by atoms with E-state index in [-0.39, 0.29) is 5.91 Å². The van der Waals surface area contributed by atoms with Gasteiger partial charge < -0.3 is 5.32 Å². The van der Waals surface area contributed by atoms with E-state index in [9.17, 15) is 4.79 Å². The molecule has 6 nitrogen and oxygen atoms in total. The third kappa shape index (κ3) is 3.59. The molecular formula is C21H17N5O. The number of carbonyl (C=O) groups excluding carboxylic acids is 1. The summed E-state index contributed by atoms with van der Waals surface area (Å²) in [7, 11) is 0. The Bertz CT molecular complexity index is 1070. The van der Waals surface area contributed by atoms with Gasteiger partial charge in [0.05, 0.1) is 5.69 Å². The predicted octanol–water partition coefficient (Wildman–Crippen LogP) is 3.89. The number of hydrogen-bond donors (Lipinski definition) is 1. The summed E-state index contributed by atoms with van der Waals surface area (Å²) in [5, 5.41) is 14.4. The molecule has 0 saturated carbocycles. The number of amides is 1. The van der Waals surface area contributed by atoms with Crippen LogP contribution in [0.4, 0.5) is 5.69 Å². The van der Waals surface area contributed by atoms with Gasteiger partial charge in [0, 0.05) is 11.3 Å². The first-order valence-electron chi connectivity index (χ1n) is 8.53. The number of aromatic nitrogens is 4. The quantitative estimate of drug-likeness (QED) is 0.603. The van der Waals surface area contributed by atoms with Gasteiger partial charge in [-0.2, -0.15) is 4.68 Å². The summed E-state index contributed by atoms with van der Waals surface area (Å²) in [5.74, 6) is 0.509. The number of nitrogens with zero attached hydrogens (tertiary/aromatic N) is 4. The van der Waals surface area contributed by atoms with Crippen LogP contribution in [0.3, 0.4) is 0 Å². The van der Waals surface area contributed by atoms with Crippen LogP contribution in [-0.4, -0.2) is 26.1 Å². The summed E-state index contributed by atoms with van der Waals surface area (Å²) in [6.45, 7) is 1.82. The van der Waals surface area contributed by atoms with Crippen molar-refractivity contribution in [2.45, 2.75) is 6.92 Å². The van der Waals surface area contributed by atoms with Crippen LogP contribution >= 0.6 is 0 Å². The van der Waals surface area contributed by atoms with Gasteiger partial charge in [-0.3, -0.25) is 4.79 Å². The fourth-order valence-electron chi connectivity index (χ4n) is 2.83. The summed E-state index contributed by atoms with van der Waals surface area (Å²) in [6.07, 6.45) is 0. The van der Waals surface area contributed by atoms with Crippen LogP contribution in [-0.2, 0) is 0 Å². The first-order chi connectivity index (χ1) is 13.2. The number of tetrazole rings is 1. The zero-order chi connectivity index (χ0) is 18.6. The molecule has 0 atom stereocenters. The van der Waals surface area contributed by atoms with Crippen LogP contribution < -0.4 is 5.32 Å². The smallest absolute Gasteiger partial charge is 0.255 e. The van der Waals surface area contributed by atoms with Crippen molar-refractivity contribution in [3.05, 3.63) is 90.3 Å². The average Bonchev–Trinajstić information content (AvgIpc) is 3.15. The Balaban J connectivity index is 1.52. The zero-order valence-corrected chi connectivity index (χ0v) is 14.7. The van der Waals surface area contributed by atoms with Gasteiger partial charge in [0.15, 0.2) is 5.82 Å². The van der Waals surface area contributed by atoms with Crippen LogP contribution in [0.2, 0.25) is 0 Å². The van der Waals surface area contributed by atoms with Crippen molar-refractivity contribution in [2.75, 3.05) is 5.32 Å². The van der Waals surface area contributed by atoms with E-state index >= 15 is 0 Å². The summed E-state index contributed by atoms with van der Waals surface area (Å²) in [6, 6.07) is 25.0. The Labute approximate surface area is 156 Å². The predicted molar refractivity (Wildman–Crippen MR) is 104 cm³/mol. The summed E-state index contributed by atoms with van der Waals surface area (Å²) < 4.78 is 1.62. The van der Waals surface area contributed by atoms with E-state index in [4.69, 9.17) is 0 Å². The maximum atomic E-state index is 12.6. The van der Waals surface area contributed by atoms with Crippen LogP contribution in [0, 0.1) is 6.92 Å². The van der Waals surface area contributed by atoms with Gasteiger partial charge in [-0.25, -0.2) is 0 Å². The second-order valence-electron chi connectivity index (χ2n) is 6.09. The molecule has 0 aliphatic rings. The van der Waals surface area contributed by atoms with E-state index < -0.39 is 0 Å². The lowest BCUT2D eigenvalue weighted by Gasteiger charge is -2.08. The minimum atomic E-state index is -0.166. The maximum absolute atomic E-state index is 12.6. The monoisotopic (exact) mass is 355 g/mol. The van der Waals surface area contributed by atoms with Crippen molar-refractivity contribution in [3.8, 4) is 16.8 Å². The van der Waals surface area contributed by atoms with E-state index in [2.05, 4.69) is 20.8 Å². The number of rotatable bonds is 4. The van der Waals surface area contributed by atoms with E-state index in [0.717, 1.165) is 16.8 Å². The molecular weight excluding hydrogens is 338 g/mol. The van der Waals surface area contributed by atoms with Gasteiger partial charge in [-0.15, -0.1) is 5.10 Å². The summed E-state index contributed by atoms with van der Waals surface area (Å²) in [5.41, 5.74) is 4.25. The van der Waals surface area contributed by atoms with Gasteiger partial charge in [-0.05, 0) is 58.8 Å². The van der Waals surface area contributed by atoms with E-state index in [0.29, 0.717) is 17.1 Å². The van der Waals surface area contributed by atoms with Crippen LogP contribution in [0.5, 0.6) is 0 Å². The number of anilines is 1. The van der Waals surface area contributed by atoms with E-state index in [1.807, 2.05) is 85.8 Å². The lowest BCUT2D eigenvalue weighted by molar-refractivity contribution is 0.102. The van der Waals surface area contributed by atoms with Crippen LogP contribution in [0.1, 0.15) is 16.2 Å². The van der Waals surface area contributed by atoms with Crippen molar-refractivity contribution in [3.63, 3.8) is 0 Å². The molecule has 0 aliphatic heterocycles. The number of hydrogen-bond acceptors (Lipinski definition) is 4. The van der Waals surface area contributed by atoms with E-state index in [1.54, 1.807) is 4.68 Å². The highest BCUT2D eigenvalue weighted by atomic mass is 16.1. The highest BCUT2D eigenvalue weighted by Crippen LogP contribution is 2.20. The largest absolute Gasteiger partial charge is 0.322 e. The third-order valence-corrected chi connectivity index (χ3v) is 4.23. The fraction of sp³-hybridized carbons (Fsp3) is 0.0476. The Morgan fingerprint density at radius 1 is 0.889 bits per heavy atom. The molecule has 1 amide bonds. The first-order valence-corrected chi connectivity index (χ1v) is 8.53. The maximum Gasteiger partial charge on any atom is 0.255 e. The minimum Gasteiger partial charge on any atom is -0.322 e. The average molecular weight is 355 g/mol. The topological polar surface area (TPSA) is 72.7 Å². The van der Waals surface area contributed by atoms with Gasteiger partial charge in [0.2, 0.25) is 0 Å². The molecule has 0 radical (unpaired) electrons. The molecule has 132 valence electrons. The molecule has 6 heteroatoms. The normalized spacial score (nSPS) is 10.6. The Kier molecular flexibility index (Phi) is 4.45. The molecule has 0 bridgehead atoms. The lowest BCUT2D eigenvalue weighted by Crippen LogP contribution is -2.12. The third-order valence-electron chi connectivity index (χ3n) is 4.23. The molecule has 0 fully saturated rings. The van der Waals surface area contributed by atoms with Crippen molar-refractivity contribution >= 4 is 11.6 Å². The molecule has 1 aromatic heterocycles. The van der Waals surface area contributed by atoms with Crippen molar-refractivity contribution < 1.29 is 4.79 Å². The first kappa shape index (κ1) is 16.7. The van der Waals surface area contributed by atoms with Crippen LogP contribution in [0.25, 0.3) is 16.8 Å². The Morgan fingerprint density at radius 3 is 2.33 bits per heavy atom. The number of carbonyl (C=O) groups is 1. The van der Waals surface area contributed by atoms with Crippen molar-refractivity contribution in [1.82, 2.24) is 20.2 Å². The van der Waals surface area contributed by atoms with Gasteiger partial charge in [-0.1, -0.05) is 48.5 Å². The van der Waals surface area contributed by atoms with Crippen LogP contribution in [0.15, 0.2) is 78.9 Å². The Hall–Kier alpha value is -3.80. The SMILES string of the molecule is Cc1nnnn1-c1cccc(NC(=O)c2ccc(-c3ccccc3)cc2)c1. The van der Waals surface area contributed by atoms with Gasteiger partial charge >= 0.3 is 0 Å². The molecule has 0 spiro atoms. The summed E-state index contributed by atoms with van der Waals surface area (Å²) in [4.78, 5) is 12.6. The summed E-state index contributed by atoms with van der Waals surface area (Å²) >= 11 is 0. The molecule has 3 aromatic carbocycles. The highest BCUT2D eigenvalue weighted by molar-refractivity contribution is 6.04. The van der Waals surface area contributed by atoms with Crippen molar-refractivity contribution in [1.29, 1.82) is 0 Å². The molecule has 1 heterocycles. The molecule has 4 aromatic rings. The lowest BCUT2D eigenvalue weighted by atomic mass is 10.0. The number of benzene rings is 3. The molecule has 0 aliphatic carbocycles. The fourth-order valence-corrected chi connectivity index (χ4v) is 2.83. The van der Waals surface area contributed by atoms with Crippen molar-refractivity contribution in [2.24, 2.45) is 0 Å². The number of nitrogens with one attached hydrogen (secondary N) is 1. The Morgan fingerprint density at radius 2 is 1.63 bits per heavy atom. The second-order valence-corrected chi connectivity index (χ2v) is 6.09. The van der Waals surface area contributed by atoms with E-state index in [1.165, 1.54) is 0 Å². The molecule has 4 rings (SSSR count). The number of aryl methyl sites for hydroxylation is 1. The highest BCUT2D eigenvalue weighted by Gasteiger charge is 2.09. The molecule has 0 unspecified atom stereocenters. The zero-order valence-electron chi connectivity index (χ0n) is 14.7. The molecule has 27 heavy (non-hydrogen) atoms. The van der Waals surface area contributed by atoms with Gasteiger partial charge in [0.1, 0.15) is 0 Å². The molecule has 1 N–H and O–H groups in total. The standard InChI is InChI=1S/C21H17N5O/c1-15-23-24-25-26(15)20-9-5-8-19(14-20)22-21(27)18-12-10-17(11-13-18)16-6-3-2-4-7-16/h2-14H,1H3,(H,22,27).